The van der Waals surface area contributed by atoms with Gasteiger partial charge in [0.25, 0.3) is 5.89 Å². The summed E-state index contributed by atoms with van der Waals surface area (Å²) in [6, 6.07) is 3.14. The van der Waals surface area contributed by atoms with Crippen molar-refractivity contribution in [3.8, 4) is 11.5 Å². The van der Waals surface area contributed by atoms with Crippen molar-refractivity contribution in [1.82, 2.24) is 20.4 Å². The van der Waals surface area contributed by atoms with Crippen molar-refractivity contribution in [1.29, 1.82) is 0 Å². The Bertz CT molecular complexity index is 602. The number of likely N-dealkylation sites (N-methyl/N-ethyl adjacent to an activating group) is 1. The van der Waals surface area contributed by atoms with Gasteiger partial charge in [-0.05, 0) is 19.2 Å². The van der Waals surface area contributed by atoms with Crippen LogP contribution in [0, 0.1) is 11.6 Å². The second-order valence-electron chi connectivity index (χ2n) is 4.82. The van der Waals surface area contributed by atoms with Gasteiger partial charge in [0.05, 0.1) is 6.04 Å². The van der Waals surface area contributed by atoms with Crippen molar-refractivity contribution in [3.63, 3.8) is 0 Å². The van der Waals surface area contributed by atoms with E-state index in [0.29, 0.717) is 12.4 Å². The van der Waals surface area contributed by atoms with Gasteiger partial charge in [0, 0.05) is 31.3 Å². The summed E-state index contributed by atoms with van der Waals surface area (Å²) >= 11 is 0. The third-order valence-electron chi connectivity index (χ3n) is 3.36. The molecule has 0 spiro atoms. The van der Waals surface area contributed by atoms with Crippen LogP contribution in [0.25, 0.3) is 11.5 Å². The molecule has 1 N–H and O–H groups in total. The van der Waals surface area contributed by atoms with Crippen LogP contribution in [0.4, 0.5) is 8.78 Å². The van der Waals surface area contributed by atoms with E-state index in [1.165, 1.54) is 12.1 Å². The van der Waals surface area contributed by atoms with Crippen LogP contribution < -0.4 is 5.32 Å². The molecule has 1 aromatic heterocycles. The Morgan fingerprint density at radius 2 is 2.00 bits per heavy atom. The summed E-state index contributed by atoms with van der Waals surface area (Å²) in [7, 11) is 1.98. The molecule has 2 aromatic rings. The molecule has 0 saturated carbocycles. The van der Waals surface area contributed by atoms with E-state index in [-0.39, 0.29) is 29.9 Å². The zero-order valence-corrected chi connectivity index (χ0v) is 12.2. The van der Waals surface area contributed by atoms with Gasteiger partial charge in [0.1, 0.15) is 11.6 Å². The van der Waals surface area contributed by atoms with Gasteiger partial charge in [0.2, 0.25) is 0 Å². The van der Waals surface area contributed by atoms with Gasteiger partial charge in [-0.3, -0.25) is 4.90 Å². The van der Waals surface area contributed by atoms with Gasteiger partial charge in [0.15, 0.2) is 5.82 Å². The van der Waals surface area contributed by atoms with Gasteiger partial charge in [-0.1, -0.05) is 5.16 Å². The fourth-order valence-corrected chi connectivity index (χ4v) is 2.26. The zero-order valence-electron chi connectivity index (χ0n) is 11.3. The van der Waals surface area contributed by atoms with Gasteiger partial charge in [-0.2, -0.15) is 4.98 Å². The SMILES string of the molecule is CN1CCNCC1c1noc(-c2cc(F)cc(F)c2)n1.Cl. The number of rotatable bonds is 2. The van der Waals surface area contributed by atoms with Crippen LogP contribution in [-0.4, -0.2) is 41.7 Å². The van der Waals surface area contributed by atoms with Crippen LogP contribution in [0.3, 0.4) is 0 Å². The highest BCUT2D eigenvalue weighted by Gasteiger charge is 2.25. The molecule has 1 aliphatic rings. The lowest BCUT2D eigenvalue weighted by atomic mass is 10.2. The van der Waals surface area contributed by atoms with E-state index in [0.717, 1.165) is 19.2 Å². The normalized spacial score (nSPS) is 19.3. The molecule has 1 saturated heterocycles. The quantitative estimate of drug-likeness (QED) is 0.918. The minimum Gasteiger partial charge on any atom is -0.334 e. The first-order valence-corrected chi connectivity index (χ1v) is 6.34. The minimum atomic E-state index is -0.670. The van der Waals surface area contributed by atoms with Crippen molar-refractivity contribution < 1.29 is 13.3 Å². The number of hydrogen-bond donors (Lipinski definition) is 1. The van der Waals surface area contributed by atoms with Crippen LogP contribution >= 0.6 is 12.4 Å². The van der Waals surface area contributed by atoms with Crippen LogP contribution in [0.1, 0.15) is 11.9 Å². The highest BCUT2D eigenvalue weighted by atomic mass is 35.5. The summed E-state index contributed by atoms with van der Waals surface area (Å²) in [4.78, 5) is 6.35. The molecule has 5 nitrogen and oxygen atoms in total. The predicted molar refractivity (Wildman–Crippen MR) is 75.1 cm³/mol. The monoisotopic (exact) mass is 316 g/mol. The summed E-state index contributed by atoms with van der Waals surface area (Å²) in [6.07, 6.45) is 0. The Kier molecular flexibility index (Phi) is 4.87. The van der Waals surface area contributed by atoms with Gasteiger partial charge in [-0.15, -0.1) is 12.4 Å². The fraction of sp³-hybridized carbons (Fsp3) is 0.385. The number of benzene rings is 1. The van der Waals surface area contributed by atoms with Crippen molar-refractivity contribution in [2.24, 2.45) is 0 Å². The van der Waals surface area contributed by atoms with Gasteiger partial charge in [-0.25, -0.2) is 8.78 Å². The van der Waals surface area contributed by atoms with Gasteiger partial charge < -0.3 is 9.84 Å². The maximum absolute atomic E-state index is 13.2. The number of piperazine rings is 1. The summed E-state index contributed by atoms with van der Waals surface area (Å²) in [5.41, 5.74) is 0.243. The average molecular weight is 317 g/mol. The number of nitrogens with one attached hydrogen (secondary N) is 1. The van der Waals surface area contributed by atoms with Crippen LogP contribution in [0.5, 0.6) is 0 Å². The molecule has 1 aromatic carbocycles. The first-order chi connectivity index (χ1) is 9.63. The lowest BCUT2D eigenvalue weighted by Gasteiger charge is -2.30. The maximum atomic E-state index is 13.2. The van der Waals surface area contributed by atoms with E-state index in [2.05, 4.69) is 20.4 Å². The Morgan fingerprint density at radius 3 is 2.67 bits per heavy atom. The summed E-state index contributed by atoms with van der Waals surface area (Å²) in [5.74, 6) is -0.704. The molecular formula is C13H15ClF2N4O. The molecule has 0 radical (unpaired) electrons. The Balaban J connectivity index is 0.00000161. The zero-order chi connectivity index (χ0) is 14.1. The van der Waals surface area contributed by atoms with Crippen LogP contribution in [-0.2, 0) is 0 Å². The highest BCUT2D eigenvalue weighted by Crippen LogP contribution is 2.23. The number of hydrogen-bond acceptors (Lipinski definition) is 5. The number of nitrogens with zero attached hydrogens (tertiary/aromatic N) is 3. The molecule has 3 rings (SSSR count). The van der Waals surface area contributed by atoms with Crippen molar-refractivity contribution in [2.45, 2.75) is 6.04 Å². The summed E-state index contributed by atoms with van der Waals surface area (Å²) < 4.78 is 31.5. The van der Waals surface area contributed by atoms with E-state index < -0.39 is 11.6 Å². The lowest BCUT2D eigenvalue weighted by molar-refractivity contribution is 0.190. The fourth-order valence-electron chi connectivity index (χ4n) is 2.26. The van der Waals surface area contributed by atoms with E-state index in [1.807, 2.05) is 7.05 Å². The molecule has 2 heterocycles. The minimum absolute atomic E-state index is 0. The van der Waals surface area contributed by atoms with E-state index in [9.17, 15) is 8.78 Å². The molecule has 0 aliphatic carbocycles. The van der Waals surface area contributed by atoms with Gasteiger partial charge >= 0.3 is 0 Å². The van der Waals surface area contributed by atoms with E-state index in [4.69, 9.17) is 4.52 Å². The summed E-state index contributed by atoms with van der Waals surface area (Å²) in [5, 5.41) is 7.16. The molecule has 1 fully saturated rings. The molecule has 1 atom stereocenters. The standard InChI is InChI=1S/C13H14F2N4O.ClH/c1-19-3-2-16-7-11(19)12-17-13(20-18-12)8-4-9(14)6-10(15)5-8;/h4-6,11,16H,2-3,7H2,1H3;1H. The topological polar surface area (TPSA) is 54.2 Å². The molecule has 1 unspecified atom stereocenters. The van der Waals surface area contributed by atoms with E-state index >= 15 is 0 Å². The van der Waals surface area contributed by atoms with Crippen molar-refractivity contribution in [3.05, 3.63) is 35.7 Å². The predicted octanol–water partition coefficient (Wildman–Crippen LogP) is 2.01. The first-order valence-electron chi connectivity index (χ1n) is 6.34. The smallest absolute Gasteiger partial charge is 0.258 e. The lowest BCUT2D eigenvalue weighted by Crippen LogP contribution is -2.44. The molecular weight excluding hydrogens is 302 g/mol. The second kappa shape index (κ2) is 6.46. The first kappa shape index (κ1) is 15.8. The molecule has 0 bridgehead atoms. The third-order valence-corrected chi connectivity index (χ3v) is 3.36. The largest absolute Gasteiger partial charge is 0.334 e. The van der Waals surface area contributed by atoms with Crippen LogP contribution in [0.2, 0.25) is 0 Å². The number of halogens is 3. The Morgan fingerprint density at radius 1 is 1.29 bits per heavy atom. The Labute approximate surface area is 126 Å². The molecule has 0 amide bonds. The molecule has 8 heteroatoms. The van der Waals surface area contributed by atoms with Crippen molar-refractivity contribution >= 4 is 12.4 Å². The second-order valence-corrected chi connectivity index (χ2v) is 4.82. The Hall–Kier alpha value is -1.57. The third kappa shape index (κ3) is 3.37. The van der Waals surface area contributed by atoms with E-state index in [1.54, 1.807) is 0 Å². The van der Waals surface area contributed by atoms with Crippen LogP contribution in [0.15, 0.2) is 22.7 Å². The molecule has 1 aliphatic heterocycles. The maximum Gasteiger partial charge on any atom is 0.258 e. The summed E-state index contributed by atoms with van der Waals surface area (Å²) in [6.45, 7) is 2.50. The molecule has 21 heavy (non-hydrogen) atoms. The average Bonchev–Trinajstić information content (AvgIpc) is 2.87. The van der Waals surface area contributed by atoms with Crippen molar-refractivity contribution in [2.75, 3.05) is 26.7 Å². The number of aromatic nitrogens is 2. The highest BCUT2D eigenvalue weighted by molar-refractivity contribution is 5.85. The molecule has 114 valence electrons.